The predicted molar refractivity (Wildman–Crippen MR) is 102 cm³/mol. The fourth-order valence-electron chi connectivity index (χ4n) is 3.37. The lowest BCUT2D eigenvalue weighted by Gasteiger charge is -2.38. The van der Waals surface area contributed by atoms with E-state index in [9.17, 15) is 27.2 Å². The molecule has 0 amide bonds. The van der Waals surface area contributed by atoms with Gasteiger partial charge in [0.05, 0.1) is 0 Å². The van der Waals surface area contributed by atoms with Crippen LogP contribution in [0.3, 0.4) is 0 Å². The van der Waals surface area contributed by atoms with E-state index in [0.717, 1.165) is 5.56 Å². The monoisotopic (exact) mass is 416 g/mol. The summed E-state index contributed by atoms with van der Waals surface area (Å²) in [6.45, 7) is 6.51. The molecule has 0 aliphatic rings. The molecule has 0 heterocycles. The van der Waals surface area contributed by atoms with Gasteiger partial charge in [-0.1, -0.05) is 37.6 Å². The van der Waals surface area contributed by atoms with Crippen LogP contribution in [0.1, 0.15) is 37.0 Å². The van der Waals surface area contributed by atoms with Crippen molar-refractivity contribution in [3.63, 3.8) is 0 Å². The molecule has 1 N–H and O–H groups in total. The van der Waals surface area contributed by atoms with Crippen molar-refractivity contribution in [1.29, 1.82) is 0 Å². The van der Waals surface area contributed by atoms with Gasteiger partial charge in [-0.05, 0) is 72.3 Å². The first-order valence-corrected chi connectivity index (χ1v) is 10.1. The summed E-state index contributed by atoms with van der Waals surface area (Å²) < 4.78 is 67.7. The third-order valence-electron chi connectivity index (χ3n) is 4.84. The molecular formula is C21H24F4O2S. The minimum atomic E-state index is -4.99. The zero-order valence-electron chi connectivity index (χ0n) is 16.2. The lowest BCUT2D eigenvalue weighted by atomic mass is 9.74. The molecule has 0 bridgehead atoms. The number of halogens is 4. The van der Waals surface area contributed by atoms with Gasteiger partial charge >= 0.3 is 6.18 Å². The summed E-state index contributed by atoms with van der Waals surface area (Å²) in [6, 6.07) is 10.2. The quantitative estimate of drug-likeness (QED) is 0.519. The predicted octanol–water partition coefficient (Wildman–Crippen LogP) is 5.21. The van der Waals surface area contributed by atoms with Crippen molar-refractivity contribution in [3.8, 4) is 0 Å². The Kier molecular flexibility index (Phi) is 6.53. The SMILES string of the molecule is Cc1ccc([S@+]([O-])C[C@@](O)(CC(C)(C)c2cc(F)ccc2C)C(F)(F)F)cc1. The first-order valence-electron chi connectivity index (χ1n) is 8.76. The Morgan fingerprint density at radius 2 is 1.57 bits per heavy atom. The summed E-state index contributed by atoms with van der Waals surface area (Å²) in [5, 5.41) is 10.6. The molecule has 2 nitrogen and oxygen atoms in total. The molecule has 2 atom stereocenters. The molecule has 2 aromatic rings. The van der Waals surface area contributed by atoms with Gasteiger partial charge in [0.25, 0.3) is 0 Å². The molecule has 0 saturated heterocycles. The number of aliphatic hydroxyl groups is 1. The van der Waals surface area contributed by atoms with Gasteiger partial charge in [0, 0.05) is 0 Å². The van der Waals surface area contributed by atoms with Crippen LogP contribution in [0.15, 0.2) is 47.4 Å². The fourth-order valence-corrected chi connectivity index (χ4v) is 4.68. The zero-order valence-corrected chi connectivity index (χ0v) is 17.0. The average Bonchev–Trinajstić information content (AvgIpc) is 2.56. The summed E-state index contributed by atoms with van der Waals surface area (Å²) >= 11 is -2.05. The smallest absolute Gasteiger partial charge is 0.421 e. The second kappa shape index (κ2) is 8.05. The van der Waals surface area contributed by atoms with Crippen LogP contribution in [-0.4, -0.2) is 27.2 Å². The van der Waals surface area contributed by atoms with Crippen LogP contribution in [0.25, 0.3) is 0 Å². The first-order chi connectivity index (χ1) is 12.7. The van der Waals surface area contributed by atoms with E-state index in [4.69, 9.17) is 0 Å². The standard InChI is InChI=1S/C21H24F4O2S/c1-14-5-9-17(10-6-14)28(27)13-20(26,21(23,24)25)12-19(3,4)18-11-16(22)8-7-15(18)2/h5-11,26H,12-13H2,1-4H3/t20-,28+/m0/s1. The maximum Gasteiger partial charge on any atom is 0.421 e. The number of rotatable bonds is 6. The number of alkyl halides is 3. The van der Waals surface area contributed by atoms with Crippen molar-refractivity contribution in [2.24, 2.45) is 0 Å². The minimum Gasteiger partial charge on any atom is -0.611 e. The van der Waals surface area contributed by atoms with Crippen molar-refractivity contribution in [2.45, 2.75) is 56.2 Å². The second-order valence-electron chi connectivity index (χ2n) is 7.85. The maximum absolute atomic E-state index is 13.8. The fraction of sp³-hybridized carbons (Fsp3) is 0.429. The molecule has 154 valence electrons. The van der Waals surface area contributed by atoms with Gasteiger partial charge < -0.3 is 9.66 Å². The van der Waals surface area contributed by atoms with Gasteiger partial charge in [0.15, 0.2) is 4.90 Å². The normalized spacial score (nSPS) is 15.9. The summed E-state index contributed by atoms with van der Waals surface area (Å²) in [5.41, 5.74) is -2.51. The van der Waals surface area contributed by atoms with Gasteiger partial charge in [-0.3, -0.25) is 0 Å². The van der Waals surface area contributed by atoms with Crippen molar-refractivity contribution in [2.75, 3.05) is 5.75 Å². The third kappa shape index (κ3) is 5.07. The van der Waals surface area contributed by atoms with E-state index in [2.05, 4.69) is 0 Å². The van der Waals surface area contributed by atoms with E-state index in [0.29, 0.717) is 11.1 Å². The van der Waals surface area contributed by atoms with Crippen molar-refractivity contribution >= 4 is 11.2 Å². The molecule has 28 heavy (non-hydrogen) atoms. The Balaban J connectivity index is 2.36. The van der Waals surface area contributed by atoms with Crippen LogP contribution in [0.2, 0.25) is 0 Å². The minimum absolute atomic E-state index is 0.216. The van der Waals surface area contributed by atoms with E-state index in [-0.39, 0.29) is 4.90 Å². The Hall–Kier alpha value is -1.57. The van der Waals surface area contributed by atoms with E-state index in [1.54, 1.807) is 19.1 Å². The second-order valence-corrected chi connectivity index (χ2v) is 9.30. The van der Waals surface area contributed by atoms with Crippen molar-refractivity contribution in [3.05, 3.63) is 65.0 Å². The molecule has 0 aliphatic carbocycles. The largest absolute Gasteiger partial charge is 0.611 e. The Bertz CT molecular complexity index is 818. The van der Waals surface area contributed by atoms with Crippen LogP contribution >= 0.6 is 0 Å². The molecule has 0 unspecified atom stereocenters. The number of benzene rings is 2. The molecule has 2 rings (SSSR count). The molecule has 0 spiro atoms. The third-order valence-corrected chi connectivity index (χ3v) is 6.38. The molecule has 0 radical (unpaired) electrons. The maximum atomic E-state index is 13.8. The van der Waals surface area contributed by atoms with Gasteiger partial charge in [0.2, 0.25) is 5.60 Å². The summed E-state index contributed by atoms with van der Waals surface area (Å²) in [6.07, 6.45) is -5.74. The number of hydrogen-bond acceptors (Lipinski definition) is 2. The van der Waals surface area contributed by atoms with Crippen LogP contribution < -0.4 is 0 Å². The van der Waals surface area contributed by atoms with Gasteiger partial charge in [-0.2, -0.15) is 13.2 Å². The number of hydrogen-bond donors (Lipinski definition) is 1. The van der Waals surface area contributed by atoms with E-state index in [1.165, 1.54) is 44.2 Å². The van der Waals surface area contributed by atoms with E-state index >= 15 is 0 Å². The van der Waals surface area contributed by atoms with Crippen LogP contribution in [-0.2, 0) is 16.6 Å². The topological polar surface area (TPSA) is 43.3 Å². The van der Waals surface area contributed by atoms with Crippen LogP contribution in [0.4, 0.5) is 17.6 Å². The Morgan fingerprint density at radius 3 is 2.11 bits per heavy atom. The number of aryl methyl sites for hydroxylation is 2. The Morgan fingerprint density at radius 1 is 1.00 bits per heavy atom. The highest BCUT2D eigenvalue weighted by molar-refractivity contribution is 7.91. The highest BCUT2D eigenvalue weighted by Crippen LogP contribution is 2.43. The summed E-state index contributed by atoms with van der Waals surface area (Å²) in [5.74, 6) is -1.55. The Labute approximate surface area is 165 Å². The summed E-state index contributed by atoms with van der Waals surface area (Å²) in [4.78, 5) is 0.216. The zero-order chi connectivity index (χ0) is 21.3. The van der Waals surface area contributed by atoms with Gasteiger partial charge in [-0.15, -0.1) is 0 Å². The lowest BCUT2D eigenvalue weighted by Crippen LogP contribution is -2.53. The van der Waals surface area contributed by atoms with Crippen LogP contribution in [0, 0.1) is 19.7 Å². The molecule has 0 aromatic heterocycles. The molecule has 0 saturated carbocycles. The average molecular weight is 416 g/mol. The van der Waals surface area contributed by atoms with Gasteiger partial charge in [0.1, 0.15) is 11.6 Å². The first kappa shape index (κ1) is 22.7. The molecule has 7 heteroatoms. The highest BCUT2D eigenvalue weighted by Gasteiger charge is 2.59. The van der Waals surface area contributed by atoms with Crippen LogP contribution in [0.5, 0.6) is 0 Å². The van der Waals surface area contributed by atoms with Gasteiger partial charge in [-0.25, -0.2) is 4.39 Å². The van der Waals surface area contributed by atoms with Crippen molar-refractivity contribution < 1.29 is 27.2 Å². The molecule has 0 fully saturated rings. The highest BCUT2D eigenvalue weighted by atomic mass is 32.2. The molecule has 0 aliphatic heterocycles. The summed E-state index contributed by atoms with van der Waals surface area (Å²) in [7, 11) is 0. The lowest BCUT2D eigenvalue weighted by molar-refractivity contribution is -0.257. The molecular weight excluding hydrogens is 392 g/mol. The van der Waals surface area contributed by atoms with E-state index < -0.39 is 46.4 Å². The molecule has 2 aromatic carbocycles. The van der Waals surface area contributed by atoms with E-state index in [1.807, 2.05) is 6.92 Å². The van der Waals surface area contributed by atoms with Crippen molar-refractivity contribution in [1.82, 2.24) is 0 Å².